The molecule has 2 aliphatic rings. The Bertz CT molecular complexity index is 1220. The third-order valence-corrected chi connectivity index (χ3v) is 7.30. The summed E-state index contributed by atoms with van der Waals surface area (Å²) in [6, 6.07) is 11.9. The predicted molar refractivity (Wildman–Crippen MR) is 142 cm³/mol. The molecule has 1 fully saturated rings. The fraction of sp³-hybridized carbons (Fsp3) is 0.429. The molecule has 36 heavy (non-hydrogen) atoms. The number of ether oxygens (including phenoxy) is 2. The molecule has 3 heterocycles. The van der Waals surface area contributed by atoms with E-state index in [1.54, 1.807) is 7.11 Å². The topological polar surface area (TPSA) is 82.7 Å². The number of carbonyl (C=O) groups excluding carboxylic acids is 1. The number of aromatic amines is 1. The van der Waals surface area contributed by atoms with Crippen molar-refractivity contribution in [2.75, 3.05) is 57.2 Å². The highest BCUT2D eigenvalue weighted by molar-refractivity contribution is 5.97. The van der Waals surface area contributed by atoms with Crippen LogP contribution in [-0.2, 0) is 11.2 Å². The van der Waals surface area contributed by atoms with E-state index >= 15 is 0 Å². The Hall–Kier alpha value is -3.52. The first-order chi connectivity index (χ1) is 17.5. The van der Waals surface area contributed by atoms with Gasteiger partial charge in [0, 0.05) is 31.4 Å². The van der Waals surface area contributed by atoms with E-state index in [2.05, 4.69) is 38.4 Å². The molecule has 0 spiro atoms. The van der Waals surface area contributed by atoms with Gasteiger partial charge in [-0.25, -0.2) is 0 Å². The third-order valence-electron chi connectivity index (χ3n) is 7.30. The molecule has 0 saturated carbocycles. The van der Waals surface area contributed by atoms with Crippen LogP contribution in [0.25, 0.3) is 11.1 Å². The summed E-state index contributed by atoms with van der Waals surface area (Å²) in [6.45, 7) is 6.60. The summed E-state index contributed by atoms with van der Waals surface area (Å²) in [7, 11) is 3.74. The average Bonchev–Trinajstić information content (AvgIpc) is 3.58. The molecule has 0 bridgehead atoms. The van der Waals surface area contributed by atoms with E-state index < -0.39 is 0 Å². The number of hydrogen-bond donors (Lipinski definition) is 2. The smallest absolute Gasteiger partial charge is 0.231 e. The van der Waals surface area contributed by atoms with Crippen LogP contribution in [-0.4, -0.2) is 67.9 Å². The Labute approximate surface area is 212 Å². The van der Waals surface area contributed by atoms with E-state index in [0.717, 1.165) is 58.3 Å². The molecule has 1 amide bonds. The van der Waals surface area contributed by atoms with E-state index in [-0.39, 0.29) is 11.8 Å². The van der Waals surface area contributed by atoms with Gasteiger partial charge in [-0.3, -0.25) is 9.89 Å². The highest BCUT2D eigenvalue weighted by Crippen LogP contribution is 2.34. The SMILES string of the molecule is COc1ccc2c(c1)CC(C(=O)Nc1ccc(-c3cn[nH]c3C)cc1N(C)CCN1CCCC1)CO2. The number of rotatable bonds is 8. The van der Waals surface area contributed by atoms with Crippen molar-refractivity contribution in [2.24, 2.45) is 5.92 Å². The van der Waals surface area contributed by atoms with Crippen molar-refractivity contribution in [1.82, 2.24) is 15.1 Å². The number of aryl methyl sites for hydroxylation is 1. The number of methoxy groups -OCH3 is 1. The van der Waals surface area contributed by atoms with Gasteiger partial charge in [-0.15, -0.1) is 0 Å². The lowest BCUT2D eigenvalue weighted by Gasteiger charge is -2.28. The van der Waals surface area contributed by atoms with Crippen LogP contribution in [0, 0.1) is 12.8 Å². The van der Waals surface area contributed by atoms with Crippen molar-refractivity contribution in [2.45, 2.75) is 26.2 Å². The number of likely N-dealkylation sites (tertiary alicyclic amines) is 1. The lowest BCUT2D eigenvalue weighted by atomic mass is 9.95. The number of likely N-dealkylation sites (N-methyl/N-ethyl adjacent to an activating group) is 1. The van der Waals surface area contributed by atoms with E-state index in [9.17, 15) is 4.79 Å². The Morgan fingerprint density at radius 3 is 2.83 bits per heavy atom. The van der Waals surface area contributed by atoms with Gasteiger partial charge in [-0.05, 0) is 80.7 Å². The Balaban J connectivity index is 1.36. The van der Waals surface area contributed by atoms with Crippen LogP contribution < -0.4 is 19.7 Å². The largest absolute Gasteiger partial charge is 0.497 e. The van der Waals surface area contributed by atoms with Crippen LogP contribution in [0.2, 0.25) is 0 Å². The average molecular weight is 490 g/mol. The number of benzene rings is 2. The number of aromatic nitrogens is 2. The number of anilines is 2. The van der Waals surface area contributed by atoms with Crippen molar-refractivity contribution < 1.29 is 14.3 Å². The van der Waals surface area contributed by atoms with Crippen molar-refractivity contribution in [3.8, 4) is 22.6 Å². The molecule has 8 heteroatoms. The number of hydrogen-bond acceptors (Lipinski definition) is 6. The second-order valence-corrected chi connectivity index (χ2v) is 9.79. The number of fused-ring (bicyclic) bond motifs is 1. The van der Waals surface area contributed by atoms with Gasteiger partial charge >= 0.3 is 0 Å². The van der Waals surface area contributed by atoms with Gasteiger partial charge in [0.15, 0.2) is 0 Å². The molecule has 1 aromatic heterocycles. The molecule has 1 unspecified atom stereocenters. The quantitative estimate of drug-likeness (QED) is 0.496. The normalized spacial score (nSPS) is 17.4. The van der Waals surface area contributed by atoms with Crippen molar-refractivity contribution in [3.63, 3.8) is 0 Å². The number of H-pyrrole nitrogens is 1. The van der Waals surface area contributed by atoms with Crippen LogP contribution in [0.3, 0.4) is 0 Å². The zero-order valence-electron chi connectivity index (χ0n) is 21.3. The van der Waals surface area contributed by atoms with Crippen molar-refractivity contribution in [1.29, 1.82) is 0 Å². The molecule has 2 N–H and O–H groups in total. The molecule has 3 aromatic rings. The van der Waals surface area contributed by atoms with Gasteiger partial charge in [-0.1, -0.05) is 6.07 Å². The summed E-state index contributed by atoms with van der Waals surface area (Å²) >= 11 is 0. The van der Waals surface area contributed by atoms with Gasteiger partial charge in [0.05, 0.1) is 30.6 Å². The molecule has 0 radical (unpaired) electrons. The maximum Gasteiger partial charge on any atom is 0.231 e. The van der Waals surface area contributed by atoms with Gasteiger partial charge in [-0.2, -0.15) is 5.10 Å². The first-order valence-electron chi connectivity index (χ1n) is 12.7. The third kappa shape index (κ3) is 5.18. The summed E-state index contributed by atoms with van der Waals surface area (Å²) in [6.07, 6.45) is 5.02. The number of nitrogens with zero attached hydrogens (tertiary/aromatic N) is 3. The van der Waals surface area contributed by atoms with Gasteiger partial charge in [0.1, 0.15) is 18.1 Å². The second kappa shape index (κ2) is 10.6. The maximum absolute atomic E-state index is 13.4. The second-order valence-electron chi connectivity index (χ2n) is 9.79. The van der Waals surface area contributed by atoms with Gasteiger partial charge in [0.25, 0.3) is 0 Å². The van der Waals surface area contributed by atoms with E-state index in [1.807, 2.05) is 43.5 Å². The van der Waals surface area contributed by atoms with Crippen LogP contribution >= 0.6 is 0 Å². The van der Waals surface area contributed by atoms with Crippen LogP contribution in [0.1, 0.15) is 24.1 Å². The number of amides is 1. The standard InChI is InChI=1S/C28H35N5O3/c1-19-24(17-29-31-19)20-6-8-25(26(16-20)32(2)12-13-33-10-4-5-11-33)30-28(34)22-14-21-15-23(35-3)7-9-27(21)36-18-22/h6-9,15-17,22H,4-5,10-14,18H2,1-3H3,(H,29,31)(H,30,34). The predicted octanol–water partition coefficient (Wildman–Crippen LogP) is 4.12. The van der Waals surface area contributed by atoms with Gasteiger partial charge < -0.3 is 24.6 Å². The fourth-order valence-corrected chi connectivity index (χ4v) is 5.08. The molecular weight excluding hydrogens is 454 g/mol. The number of nitrogens with one attached hydrogen (secondary N) is 2. The first-order valence-corrected chi connectivity index (χ1v) is 12.7. The molecule has 1 atom stereocenters. The molecule has 2 aliphatic heterocycles. The monoisotopic (exact) mass is 489 g/mol. The van der Waals surface area contributed by atoms with Crippen LogP contribution in [0.5, 0.6) is 11.5 Å². The Kier molecular flexibility index (Phi) is 7.13. The minimum absolute atomic E-state index is 0.0371. The minimum atomic E-state index is -0.275. The van der Waals surface area contributed by atoms with E-state index in [1.165, 1.54) is 25.9 Å². The zero-order chi connectivity index (χ0) is 25.1. The minimum Gasteiger partial charge on any atom is -0.497 e. The maximum atomic E-state index is 13.4. The summed E-state index contributed by atoms with van der Waals surface area (Å²) in [5.41, 5.74) is 5.96. The van der Waals surface area contributed by atoms with Crippen LogP contribution in [0.4, 0.5) is 11.4 Å². The molecule has 5 rings (SSSR count). The van der Waals surface area contributed by atoms with Crippen molar-refractivity contribution >= 4 is 17.3 Å². The first kappa shape index (κ1) is 24.2. The van der Waals surface area contributed by atoms with E-state index in [4.69, 9.17) is 9.47 Å². The Morgan fingerprint density at radius 2 is 2.08 bits per heavy atom. The lowest BCUT2D eigenvalue weighted by molar-refractivity contribution is -0.121. The Morgan fingerprint density at radius 1 is 1.25 bits per heavy atom. The molecule has 1 saturated heterocycles. The molecule has 0 aliphatic carbocycles. The molecule has 190 valence electrons. The fourth-order valence-electron chi connectivity index (χ4n) is 5.08. The summed E-state index contributed by atoms with van der Waals surface area (Å²) in [4.78, 5) is 18.1. The van der Waals surface area contributed by atoms with Crippen molar-refractivity contribution in [3.05, 3.63) is 53.9 Å². The highest BCUT2D eigenvalue weighted by Gasteiger charge is 2.27. The van der Waals surface area contributed by atoms with Gasteiger partial charge in [0.2, 0.25) is 5.91 Å². The zero-order valence-corrected chi connectivity index (χ0v) is 21.3. The summed E-state index contributed by atoms with van der Waals surface area (Å²) in [5.74, 6) is 1.28. The molecular formula is C28H35N5O3. The van der Waals surface area contributed by atoms with Crippen LogP contribution in [0.15, 0.2) is 42.6 Å². The molecule has 2 aromatic carbocycles. The van der Waals surface area contributed by atoms with E-state index in [0.29, 0.717) is 13.0 Å². The highest BCUT2D eigenvalue weighted by atomic mass is 16.5. The summed E-state index contributed by atoms with van der Waals surface area (Å²) < 4.78 is 11.3. The summed E-state index contributed by atoms with van der Waals surface area (Å²) in [5, 5.41) is 10.4. The number of carbonyl (C=O) groups is 1. The molecule has 8 nitrogen and oxygen atoms in total. The lowest BCUT2D eigenvalue weighted by Crippen LogP contribution is -2.34.